The van der Waals surface area contributed by atoms with Crippen molar-refractivity contribution in [2.45, 2.75) is 84.3 Å². The van der Waals surface area contributed by atoms with Gasteiger partial charge in [0.15, 0.2) is 0 Å². The second-order valence-electron chi connectivity index (χ2n) is 13.1. The van der Waals surface area contributed by atoms with Crippen molar-refractivity contribution in [3.63, 3.8) is 0 Å². The predicted molar refractivity (Wildman–Crippen MR) is 166 cm³/mol. The topological polar surface area (TPSA) is 80.5 Å². The van der Waals surface area contributed by atoms with Gasteiger partial charge in [-0.25, -0.2) is 9.97 Å². The lowest BCUT2D eigenvalue weighted by atomic mass is 9.78. The van der Waals surface area contributed by atoms with Crippen molar-refractivity contribution in [1.82, 2.24) is 19.4 Å². The van der Waals surface area contributed by atoms with E-state index >= 15 is 0 Å². The first-order valence-corrected chi connectivity index (χ1v) is 15.3. The first-order valence-electron chi connectivity index (χ1n) is 14.4. The van der Waals surface area contributed by atoms with E-state index in [1.807, 2.05) is 33.7 Å². The van der Waals surface area contributed by atoms with E-state index in [-0.39, 0.29) is 29.9 Å². The fraction of sp³-hybridized carbons (Fsp3) is 0.485. The van der Waals surface area contributed by atoms with Gasteiger partial charge in [-0.3, -0.25) is 4.79 Å². The van der Waals surface area contributed by atoms with Crippen LogP contribution in [0.5, 0.6) is 5.75 Å². The molecule has 4 aromatic rings. The van der Waals surface area contributed by atoms with E-state index in [4.69, 9.17) is 9.72 Å². The molecule has 1 aliphatic heterocycles. The molecular weight excluding hydrogens is 532 g/mol. The zero-order valence-electron chi connectivity index (χ0n) is 25.3. The molecule has 2 aromatic carbocycles. The smallest absolute Gasteiger partial charge is 0.242 e. The number of fused-ring (bicyclic) bond motifs is 1. The van der Waals surface area contributed by atoms with Crippen molar-refractivity contribution in [2.75, 3.05) is 20.2 Å². The number of amides is 1. The van der Waals surface area contributed by atoms with Crippen molar-refractivity contribution >= 4 is 28.3 Å². The normalized spacial score (nSPS) is 15.1. The highest BCUT2D eigenvalue weighted by Gasteiger charge is 2.30. The Bertz CT molecular complexity index is 1510. The van der Waals surface area contributed by atoms with Crippen LogP contribution < -0.4 is 4.74 Å². The van der Waals surface area contributed by atoms with Crippen LogP contribution in [-0.4, -0.2) is 50.6 Å². The Balaban J connectivity index is 1.31. The summed E-state index contributed by atoms with van der Waals surface area (Å²) in [7, 11) is 1.77. The molecule has 8 heteroatoms. The maximum Gasteiger partial charge on any atom is 0.242 e. The third kappa shape index (κ3) is 5.90. The fourth-order valence-corrected chi connectivity index (χ4v) is 6.66. The van der Waals surface area contributed by atoms with E-state index in [1.165, 1.54) is 11.1 Å². The van der Waals surface area contributed by atoms with Gasteiger partial charge in [0.1, 0.15) is 29.7 Å². The third-order valence-electron chi connectivity index (χ3n) is 8.11. The molecule has 41 heavy (non-hydrogen) atoms. The number of methoxy groups -OCH3 is 1. The van der Waals surface area contributed by atoms with Crippen molar-refractivity contribution in [1.29, 1.82) is 0 Å². The van der Waals surface area contributed by atoms with Gasteiger partial charge in [-0.2, -0.15) is 0 Å². The van der Waals surface area contributed by atoms with Gasteiger partial charge >= 0.3 is 0 Å². The summed E-state index contributed by atoms with van der Waals surface area (Å²) in [5.74, 6) is 1.88. The van der Waals surface area contributed by atoms with Gasteiger partial charge in [-0.05, 0) is 47.9 Å². The second kappa shape index (κ2) is 11.2. The van der Waals surface area contributed by atoms with Gasteiger partial charge in [0, 0.05) is 41.1 Å². The van der Waals surface area contributed by atoms with Crippen LogP contribution in [0.4, 0.5) is 0 Å². The number of aliphatic hydroxyl groups excluding tert-OH is 1. The molecule has 5 rings (SSSR count). The number of aliphatic hydroxyl groups is 1. The molecule has 1 fully saturated rings. The number of nitrogens with zero attached hydrogens (tertiary/aromatic N) is 4. The fourth-order valence-electron chi connectivity index (χ4n) is 5.78. The number of piperidine rings is 1. The van der Waals surface area contributed by atoms with E-state index in [0.29, 0.717) is 24.8 Å². The van der Waals surface area contributed by atoms with Crippen LogP contribution in [0.1, 0.15) is 82.9 Å². The number of hydrogen-bond acceptors (Lipinski definition) is 6. The summed E-state index contributed by atoms with van der Waals surface area (Å²) in [6, 6.07) is 12.2. The molecule has 1 N–H and O–H groups in total. The molecule has 218 valence electrons. The molecule has 0 atom stereocenters. The van der Waals surface area contributed by atoms with E-state index < -0.39 is 0 Å². The number of carbonyl (C=O) groups excluding carboxylic acids is 1. The van der Waals surface area contributed by atoms with Crippen LogP contribution >= 0.6 is 11.3 Å². The second-order valence-corrected chi connectivity index (χ2v) is 14.0. The van der Waals surface area contributed by atoms with Crippen LogP contribution in [0, 0.1) is 0 Å². The standard InChI is InChI=1S/C33H42N4O3S/c1-32(2,3)23-16-22(17-24(30(23)40-7)33(4,5)6)31-35-26(20-41-31)21-12-14-36(15-13-21)29(39)18-37-27-11-9-8-10-25(27)34-28(37)19-38/h8-11,16-17,20-21,38H,12-15,18-19H2,1-7H3. The van der Waals surface area contributed by atoms with E-state index in [2.05, 4.69) is 64.0 Å². The Morgan fingerprint density at radius 2 is 1.66 bits per heavy atom. The van der Waals surface area contributed by atoms with Crippen molar-refractivity contribution in [3.8, 4) is 16.3 Å². The lowest BCUT2D eigenvalue weighted by Crippen LogP contribution is -2.40. The highest BCUT2D eigenvalue weighted by Crippen LogP contribution is 2.43. The summed E-state index contributed by atoms with van der Waals surface area (Å²) in [4.78, 5) is 24.8. The predicted octanol–water partition coefficient (Wildman–Crippen LogP) is 6.66. The largest absolute Gasteiger partial charge is 0.496 e. The van der Waals surface area contributed by atoms with Crippen LogP contribution in [0.2, 0.25) is 0 Å². The van der Waals surface area contributed by atoms with Crippen molar-refractivity contribution < 1.29 is 14.6 Å². The van der Waals surface area contributed by atoms with Gasteiger partial charge in [0.2, 0.25) is 5.91 Å². The van der Waals surface area contributed by atoms with Crippen LogP contribution in [0.15, 0.2) is 41.8 Å². The van der Waals surface area contributed by atoms with Gasteiger partial charge in [0.25, 0.3) is 0 Å². The number of hydrogen-bond donors (Lipinski definition) is 1. The molecule has 0 aliphatic carbocycles. The first-order chi connectivity index (χ1) is 19.4. The number of likely N-dealkylation sites (tertiary alicyclic amines) is 1. The molecule has 0 spiro atoms. The highest BCUT2D eigenvalue weighted by molar-refractivity contribution is 7.13. The van der Waals surface area contributed by atoms with E-state index in [0.717, 1.165) is 45.9 Å². The number of benzene rings is 2. The Labute approximate surface area is 247 Å². The number of para-hydroxylation sites is 2. The Hall–Kier alpha value is -3.23. The van der Waals surface area contributed by atoms with Gasteiger partial charge < -0.3 is 19.3 Å². The number of thiazole rings is 1. The summed E-state index contributed by atoms with van der Waals surface area (Å²) >= 11 is 1.70. The average molecular weight is 575 g/mol. The summed E-state index contributed by atoms with van der Waals surface area (Å²) in [5.41, 5.74) is 6.18. The monoisotopic (exact) mass is 574 g/mol. The summed E-state index contributed by atoms with van der Waals surface area (Å²) in [6.07, 6.45) is 1.77. The Morgan fingerprint density at radius 1 is 1.02 bits per heavy atom. The van der Waals surface area contributed by atoms with Gasteiger partial charge in [0.05, 0.1) is 23.8 Å². The Morgan fingerprint density at radius 3 is 2.24 bits per heavy atom. The van der Waals surface area contributed by atoms with E-state index in [1.54, 1.807) is 18.4 Å². The SMILES string of the molecule is COc1c(C(C)(C)C)cc(-c2nc(C3CCN(C(=O)Cn4c(CO)nc5ccccc54)CC3)cs2)cc1C(C)(C)C. The zero-order chi connectivity index (χ0) is 29.5. The quantitative estimate of drug-likeness (QED) is 0.279. The average Bonchev–Trinajstić information content (AvgIpc) is 3.57. The molecular formula is C33H42N4O3S. The first kappa shape index (κ1) is 29.3. The third-order valence-corrected chi connectivity index (χ3v) is 9.02. The molecule has 2 aromatic heterocycles. The van der Waals surface area contributed by atoms with Crippen LogP contribution in [0.25, 0.3) is 21.6 Å². The molecule has 0 radical (unpaired) electrons. The van der Waals surface area contributed by atoms with Gasteiger partial charge in [-0.1, -0.05) is 53.7 Å². The molecule has 0 bridgehead atoms. The minimum absolute atomic E-state index is 0.0583. The molecule has 1 saturated heterocycles. The number of rotatable bonds is 6. The molecule has 0 unspecified atom stereocenters. The Kier molecular flexibility index (Phi) is 8.01. The zero-order valence-corrected chi connectivity index (χ0v) is 26.1. The van der Waals surface area contributed by atoms with Crippen molar-refractivity contribution in [2.24, 2.45) is 0 Å². The maximum absolute atomic E-state index is 13.3. The van der Waals surface area contributed by atoms with Crippen LogP contribution in [0.3, 0.4) is 0 Å². The lowest BCUT2D eigenvalue weighted by molar-refractivity contribution is -0.132. The molecule has 7 nitrogen and oxygen atoms in total. The minimum atomic E-state index is -0.196. The number of carbonyl (C=O) groups is 1. The van der Waals surface area contributed by atoms with E-state index in [9.17, 15) is 9.90 Å². The molecule has 1 aliphatic rings. The van der Waals surface area contributed by atoms with Crippen molar-refractivity contribution in [3.05, 3.63) is 64.4 Å². The minimum Gasteiger partial charge on any atom is -0.496 e. The molecule has 0 saturated carbocycles. The summed E-state index contributed by atoms with van der Waals surface area (Å²) in [5, 5.41) is 13.0. The highest BCUT2D eigenvalue weighted by atomic mass is 32.1. The molecule has 1 amide bonds. The summed E-state index contributed by atoms with van der Waals surface area (Å²) in [6.45, 7) is 14.7. The lowest BCUT2D eigenvalue weighted by Gasteiger charge is -2.31. The summed E-state index contributed by atoms with van der Waals surface area (Å²) < 4.78 is 7.79. The number of aromatic nitrogens is 3. The molecule has 3 heterocycles. The van der Waals surface area contributed by atoms with Crippen LogP contribution in [-0.2, 0) is 28.8 Å². The maximum atomic E-state index is 13.3. The van der Waals surface area contributed by atoms with Gasteiger partial charge in [-0.15, -0.1) is 11.3 Å². The number of ether oxygens (including phenoxy) is 1. The number of imidazole rings is 1.